The molecule has 2 N–H and O–H groups in total. The predicted molar refractivity (Wildman–Crippen MR) is 94.7 cm³/mol. The smallest absolute Gasteiger partial charge is 0.305 e. The molecule has 0 bridgehead atoms. The summed E-state index contributed by atoms with van der Waals surface area (Å²) in [6.45, 7) is 0.506. The van der Waals surface area contributed by atoms with Crippen molar-refractivity contribution in [2.45, 2.75) is 19.0 Å². The molecule has 2 aromatic rings. The van der Waals surface area contributed by atoms with Crippen LogP contribution in [0, 0.1) is 5.82 Å². The van der Waals surface area contributed by atoms with Gasteiger partial charge in [0.1, 0.15) is 23.9 Å². The number of benzene rings is 2. The fourth-order valence-electron chi connectivity index (χ4n) is 3.32. The number of carboxylic acid groups (broad SMARTS) is 1. The molecule has 0 fully saturated rings. The van der Waals surface area contributed by atoms with Crippen LogP contribution in [0.1, 0.15) is 12.0 Å². The van der Waals surface area contributed by atoms with Gasteiger partial charge in [-0.05, 0) is 29.8 Å². The predicted octanol–water partition coefficient (Wildman–Crippen LogP) is 2.40. The van der Waals surface area contributed by atoms with Crippen molar-refractivity contribution in [1.82, 2.24) is 0 Å². The van der Waals surface area contributed by atoms with Crippen LogP contribution in [-0.4, -0.2) is 36.2 Å². The SMILES string of the molecule is O=C(O)C[C@H]1COc2cc(F)ccc2N1Cc1ccc2c(c1)NC(=O)CO2. The van der Waals surface area contributed by atoms with Gasteiger partial charge in [-0.25, -0.2) is 4.39 Å². The lowest BCUT2D eigenvalue weighted by atomic mass is 10.1. The number of carbonyl (C=O) groups is 2. The van der Waals surface area contributed by atoms with Crippen LogP contribution in [0.4, 0.5) is 15.8 Å². The van der Waals surface area contributed by atoms with E-state index in [1.165, 1.54) is 12.1 Å². The molecule has 2 aromatic carbocycles. The fraction of sp³-hybridized carbons (Fsp3) is 0.263. The van der Waals surface area contributed by atoms with Crippen LogP contribution >= 0.6 is 0 Å². The molecular formula is C19H17FN2O5. The second-order valence-corrected chi connectivity index (χ2v) is 6.47. The van der Waals surface area contributed by atoms with Crippen LogP contribution in [0.3, 0.4) is 0 Å². The molecule has 1 amide bonds. The highest BCUT2D eigenvalue weighted by molar-refractivity contribution is 5.95. The van der Waals surface area contributed by atoms with Crippen LogP contribution in [0.15, 0.2) is 36.4 Å². The third kappa shape index (κ3) is 3.51. The largest absolute Gasteiger partial charge is 0.489 e. The van der Waals surface area contributed by atoms with Crippen LogP contribution in [0.5, 0.6) is 11.5 Å². The van der Waals surface area contributed by atoms with Crippen molar-refractivity contribution in [3.63, 3.8) is 0 Å². The number of hydrogen-bond donors (Lipinski definition) is 2. The van der Waals surface area contributed by atoms with Crippen LogP contribution in [0.2, 0.25) is 0 Å². The summed E-state index contributed by atoms with van der Waals surface area (Å²) < 4.78 is 24.5. The summed E-state index contributed by atoms with van der Waals surface area (Å²) in [4.78, 5) is 24.7. The zero-order chi connectivity index (χ0) is 19.0. The van der Waals surface area contributed by atoms with Gasteiger partial charge in [-0.15, -0.1) is 0 Å². The Balaban J connectivity index is 1.66. The molecule has 0 unspecified atom stereocenters. The van der Waals surface area contributed by atoms with Crippen molar-refractivity contribution in [3.05, 3.63) is 47.8 Å². The number of halogens is 1. The van der Waals surface area contributed by atoms with Gasteiger partial charge in [-0.1, -0.05) is 6.07 Å². The maximum Gasteiger partial charge on any atom is 0.305 e. The quantitative estimate of drug-likeness (QED) is 0.857. The third-order valence-electron chi connectivity index (χ3n) is 4.54. The molecule has 2 heterocycles. The monoisotopic (exact) mass is 372 g/mol. The van der Waals surface area contributed by atoms with E-state index in [2.05, 4.69) is 5.32 Å². The van der Waals surface area contributed by atoms with Gasteiger partial charge < -0.3 is 24.8 Å². The van der Waals surface area contributed by atoms with Gasteiger partial charge in [-0.2, -0.15) is 0 Å². The van der Waals surface area contributed by atoms with Crippen molar-refractivity contribution in [2.24, 2.45) is 0 Å². The highest BCUT2D eigenvalue weighted by Crippen LogP contribution is 2.37. The number of nitrogens with one attached hydrogen (secondary N) is 1. The molecule has 0 aromatic heterocycles. The molecule has 2 aliphatic heterocycles. The zero-order valence-electron chi connectivity index (χ0n) is 14.3. The third-order valence-corrected chi connectivity index (χ3v) is 4.54. The minimum absolute atomic E-state index is 0.0184. The van der Waals surface area contributed by atoms with Gasteiger partial charge in [0.05, 0.1) is 23.8 Å². The van der Waals surface area contributed by atoms with Gasteiger partial charge in [0.25, 0.3) is 5.91 Å². The van der Waals surface area contributed by atoms with Gasteiger partial charge in [0, 0.05) is 12.6 Å². The fourth-order valence-corrected chi connectivity index (χ4v) is 3.32. The van der Waals surface area contributed by atoms with Gasteiger partial charge >= 0.3 is 5.97 Å². The van der Waals surface area contributed by atoms with Crippen molar-refractivity contribution < 1.29 is 28.6 Å². The maximum atomic E-state index is 13.5. The highest BCUT2D eigenvalue weighted by Gasteiger charge is 2.30. The molecule has 8 heteroatoms. The van der Waals surface area contributed by atoms with E-state index in [-0.39, 0.29) is 25.5 Å². The lowest BCUT2D eigenvalue weighted by Gasteiger charge is -2.38. The average molecular weight is 372 g/mol. The molecule has 0 spiro atoms. The Kier molecular flexibility index (Phi) is 4.31. The minimum atomic E-state index is -0.940. The molecule has 4 rings (SSSR count). The molecule has 0 radical (unpaired) electrons. The number of hydrogen-bond acceptors (Lipinski definition) is 5. The number of aliphatic carboxylic acids is 1. The highest BCUT2D eigenvalue weighted by atomic mass is 19.1. The molecule has 1 atom stereocenters. The lowest BCUT2D eigenvalue weighted by molar-refractivity contribution is -0.137. The van der Waals surface area contributed by atoms with E-state index in [1.54, 1.807) is 18.2 Å². The molecule has 7 nitrogen and oxygen atoms in total. The number of fused-ring (bicyclic) bond motifs is 2. The van der Waals surface area contributed by atoms with Gasteiger partial charge in [-0.3, -0.25) is 9.59 Å². The maximum absolute atomic E-state index is 13.5. The van der Waals surface area contributed by atoms with Crippen molar-refractivity contribution >= 4 is 23.3 Å². The number of rotatable bonds is 4. The van der Waals surface area contributed by atoms with Gasteiger partial charge in [0.15, 0.2) is 6.61 Å². The first kappa shape index (κ1) is 17.1. The van der Waals surface area contributed by atoms with Crippen LogP contribution in [0.25, 0.3) is 0 Å². The Bertz CT molecular complexity index is 917. The summed E-state index contributed by atoms with van der Waals surface area (Å²) in [6, 6.07) is 9.21. The molecule has 0 saturated carbocycles. The average Bonchev–Trinajstić information content (AvgIpc) is 2.63. The van der Waals surface area contributed by atoms with E-state index in [0.717, 1.165) is 5.56 Å². The Hall–Kier alpha value is -3.29. The van der Waals surface area contributed by atoms with E-state index in [9.17, 15) is 19.1 Å². The molecule has 140 valence electrons. The number of nitrogens with zero attached hydrogens (tertiary/aromatic N) is 1. The molecule has 27 heavy (non-hydrogen) atoms. The normalized spacial score (nSPS) is 17.9. The first-order valence-corrected chi connectivity index (χ1v) is 8.46. The number of carbonyl (C=O) groups excluding carboxylic acids is 1. The summed E-state index contributed by atoms with van der Waals surface area (Å²) >= 11 is 0. The Morgan fingerprint density at radius 1 is 1.22 bits per heavy atom. The molecular weight excluding hydrogens is 355 g/mol. The first-order chi connectivity index (χ1) is 13.0. The summed E-state index contributed by atoms with van der Waals surface area (Å²) in [7, 11) is 0. The standard InChI is InChI=1S/C19H17FN2O5/c20-12-2-3-15-17(6-12)26-9-13(7-19(24)25)22(15)8-11-1-4-16-14(5-11)21-18(23)10-27-16/h1-6,13H,7-10H2,(H,21,23)(H,24,25)/t13-/m0/s1. The van der Waals surface area contributed by atoms with Crippen molar-refractivity contribution in [3.8, 4) is 11.5 Å². The first-order valence-electron chi connectivity index (χ1n) is 8.46. The topological polar surface area (TPSA) is 88.1 Å². The Morgan fingerprint density at radius 3 is 2.89 bits per heavy atom. The van der Waals surface area contributed by atoms with E-state index < -0.39 is 17.8 Å². The summed E-state index contributed by atoms with van der Waals surface area (Å²) in [6.07, 6.45) is -0.110. The lowest BCUT2D eigenvalue weighted by Crippen LogP contribution is -2.44. The van der Waals surface area contributed by atoms with E-state index in [0.29, 0.717) is 29.4 Å². The zero-order valence-corrected chi connectivity index (χ0v) is 14.3. The second kappa shape index (κ2) is 6.79. The van der Waals surface area contributed by atoms with E-state index in [1.807, 2.05) is 11.0 Å². The Morgan fingerprint density at radius 2 is 2.07 bits per heavy atom. The Labute approximate surface area is 154 Å². The molecule has 0 saturated heterocycles. The van der Waals surface area contributed by atoms with E-state index in [4.69, 9.17) is 9.47 Å². The van der Waals surface area contributed by atoms with Crippen LogP contribution < -0.4 is 19.7 Å². The molecule has 2 aliphatic rings. The number of anilines is 2. The van der Waals surface area contributed by atoms with Crippen molar-refractivity contribution in [2.75, 3.05) is 23.4 Å². The second-order valence-electron chi connectivity index (χ2n) is 6.47. The number of amides is 1. The van der Waals surface area contributed by atoms with Gasteiger partial charge in [0.2, 0.25) is 0 Å². The minimum Gasteiger partial charge on any atom is -0.489 e. The van der Waals surface area contributed by atoms with Crippen LogP contribution in [-0.2, 0) is 16.1 Å². The number of ether oxygens (including phenoxy) is 2. The summed E-state index contributed by atoms with van der Waals surface area (Å²) in [5, 5.41) is 12.0. The summed E-state index contributed by atoms with van der Waals surface area (Å²) in [5.74, 6) is -0.615. The molecule has 0 aliphatic carbocycles. The van der Waals surface area contributed by atoms with E-state index >= 15 is 0 Å². The number of carboxylic acids is 1. The summed E-state index contributed by atoms with van der Waals surface area (Å²) in [5.41, 5.74) is 2.06. The van der Waals surface area contributed by atoms with Crippen molar-refractivity contribution in [1.29, 1.82) is 0 Å².